The summed E-state index contributed by atoms with van der Waals surface area (Å²) in [6.45, 7) is 6.35. The van der Waals surface area contributed by atoms with Crippen LogP contribution in [-0.4, -0.2) is 21.9 Å². The number of hydrogen-bond acceptors (Lipinski definition) is 2. The molecule has 1 aliphatic rings. The normalized spacial score (nSPS) is 27.6. The van der Waals surface area contributed by atoms with Gasteiger partial charge in [-0.2, -0.15) is 0 Å². The Morgan fingerprint density at radius 3 is 2.39 bits per heavy atom. The Morgan fingerprint density at radius 2 is 1.70 bits per heavy atom. The van der Waals surface area contributed by atoms with Crippen molar-refractivity contribution in [2.45, 2.75) is 110 Å². The van der Waals surface area contributed by atoms with Crippen LogP contribution in [0.15, 0.2) is 12.2 Å². The third kappa shape index (κ3) is 8.35. The zero-order valence-electron chi connectivity index (χ0n) is 15.8. The van der Waals surface area contributed by atoms with Crippen molar-refractivity contribution in [1.29, 1.82) is 0 Å². The summed E-state index contributed by atoms with van der Waals surface area (Å²) in [5.74, 6) is 0.951. The van der Waals surface area contributed by atoms with Gasteiger partial charge in [0.2, 0.25) is 0 Å². The van der Waals surface area contributed by atoms with Crippen molar-refractivity contribution in [3.63, 3.8) is 0 Å². The van der Waals surface area contributed by atoms with Crippen LogP contribution in [0.3, 0.4) is 0 Å². The van der Waals surface area contributed by atoms with Gasteiger partial charge >= 0.3 is 0 Å². The average molecular weight is 325 g/mol. The summed E-state index contributed by atoms with van der Waals surface area (Å²) in [7, 11) is 0. The highest BCUT2D eigenvalue weighted by Gasteiger charge is 2.32. The summed E-state index contributed by atoms with van der Waals surface area (Å²) in [5.41, 5.74) is -0.592. The van der Waals surface area contributed by atoms with E-state index in [4.69, 9.17) is 0 Å². The minimum Gasteiger partial charge on any atom is -0.393 e. The van der Waals surface area contributed by atoms with E-state index in [9.17, 15) is 10.2 Å². The SMILES string of the molecule is CCCCCCC[C@H]1CC[C@@H](O)[C@@H]1/C=C/C[C@@](C)(O)CCCC. The third-order valence-electron chi connectivity index (χ3n) is 5.49. The van der Waals surface area contributed by atoms with Crippen molar-refractivity contribution >= 4 is 0 Å². The second kappa shape index (κ2) is 11.3. The molecule has 1 fully saturated rings. The molecule has 0 spiro atoms. The number of aliphatic hydroxyl groups is 2. The van der Waals surface area contributed by atoms with E-state index in [1.54, 1.807) is 0 Å². The molecule has 2 heteroatoms. The van der Waals surface area contributed by atoms with Crippen molar-refractivity contribution in [2.75, 3.05) is 0 Å². The molecule has 0 heterocycles. The minimum absolute atomic E-state index is 0.174. The number of aliphatic hydroxyl groups excluding tert-OH is 1. The molecule has 0 aliphatic heterocycles. The van der Waals surface area contributed by atoms with Gasteiger partial charge in [0.15, 0.2) is 0 Å². The van der Waals surface area contributed by atoms with Crippen molar-refractivity contribution in [1.82, 2.24) is 0 Å². The molecule has 4 atom stereocenters. The fraction of sp³-hybridized carbons (Fsp3) is 0.905. The number of hydrogen-bond donors (Lipinski definition) is 2. The Kier molecular flexibility index (Phi) is 10.1. The van der Waals surface area contributed by atoms with Crippen LogP contribution in [0.5, 0.6) is 0 Å². The first-order valence-electron chi connectivity index (χ1n) is 10.1. The van der Waals surface area contributed by atoms with E-state index < -0.39 is 5.60 Å². The van der Waals surface area contributed by atoms with Gasteiger partial charge in [0, 0.05) is 5.92 Å². The lowest BCUT2D eigenvalue weighted by Gasteiger charge is -2.22. The minimum atomic E-state index is -0.592. The average Bonchev–Trinajstić information content (AvgIpc) is 2.86. The van der Waals surface area contributed by atoms with Gasteiger partial charge in [0.25, 0.3) is 0 Å². The molecule has 136 valence electrons. The summed E-state index contributed by atoms with van der Waals surface area (Å²) in [6.07, 6.45) is 17.9. The van der Waals surface area contributed by atoms with Gasteiger partial charge in [0.05, 0.1) is 11.7 Å². The zero-order chi connectivity index (χ0) is 17.1. The van der Waals surface area contributed by atoms with Gasteiger partial charge in [-0.15, -0.1) is 0 Å². The van der Waals surface area contributed by atoms with E-state index in [2.05, 4.69) is 26.0 Å². The lowest BCUT2D eigenvalue weighted by Crippen LogP contribution is -2.23. The molecule has 2 N–H and O–H groups in total. The molecule has 0 saturated heterocycles. The Balaban J connectivity index is 2.37. The lowest BCUT2D eigenvalue weighted by atomic mass is 9.88. The fourth-order valence-electron chi connectivity index (χ4n) is 3.85. The molecule has 1 aliphatic carbocycles. The molecule has 1 rings (SSSR count). The molecule has 0 aromatic heterocycles. The highest BCUT2D eigenvalue weighted by Crippen LogP contribution is 2.37. The van der Waals surface area contributed by atoms with Crippen molar-refractivity contribution in [3.8, 4) is 0 Å². The second-order valence-electron chi connectivity index (χ2n) is 7.92. The van der Waals surface area contributed by atoms with Crippen LogP contribution in [0.4, 0.5) is 0 Å². The first-order chi connectivity index (χ1) is 11.0. The van der Waals surface area contributed by atoms with Gasteiger partial charge in [-0.05, 0) is 44.9 Å². The lowest BCUT2D eigenvalue weighted by molar-refractivity contribution is 0.0513. The number of unbranched alkanes of at least 4 members (excludes halogenated alkanes) is 5. The first-order valence-corrected chi connectivity index (χ1v) is 10.1. The van der Waals surface area contributed by atoms with E-state index in [1.165, 1.54) is 38.5 Å². The van der Waals surface area contributed by atoms with Gasteiger partial charge < -0.3 is 10.2 Å². The van der Waals surface area contributed by atoms with E-state index in [1.807, 2.05) is 6.92 Å². The summed E-state index contributed by atoms with van der Waals surface area (Å²) in [6, 6.07) is 0. The van der Waals surface area contributed by atoms with Gasteiger partial charge in [-0.1, -0.05) is 70.9 Å². The summed E-state index contributed by atoms with van der Waals surface area (Å²) in [5, 5.41) is 20.6. The molecular formula is C21H40O2. The van der Waals surface area contributed by atoms with Crippen LogP contribution in [0.2, 0.25) is 0 Å². The van der Waals surface area contributed by atoms with E-state index in [-0.39, 0.29) is 6.10 Å². The molecule has 23 heavy (non-hydrogen) atoms. The molecule has 0 bridgehead atoms. The molecule has 0 aromatic rings. The quantitative estimate of drug-likeness (QED) is 0.361. The summed E-state index contributed by atoms with van der Waals surface area (Å²) < 4.78 is 0. The summed E-state index contributed by atoms with van der Waals surface area (Å²) >= 11 is 0. The molecule has 2 nitrogen and oxygen atoms in total. The zero-order valence-corrected chi connectivity index (χ0v) is 15.8. The smallest absolute Gasteiger partial charge is 0.0654 e. The van der Waals surface area contributed by atoms with Crippen LogP contribution >= 0.6 is 0 Å². The predicted octanol–water partition coefficient (Wildman–Crippen LogP) is 5.62. The highest BCUT2D eigenvalue weighted by atomic mass is 16.3. The van der Waals surface area contributed by atoms with Crippen LogP contribution in [0.1, 0.15) is 97.8 Å². The van der Waals surface area contributed by atoms with Crippen LogP contribution in [0.25, 0.3) is 0 Å². The molecule has 0 radical (unpaired) electrons. The maximum Gasteiger partial charge on any atom is 0.0654 e. The molecule has 0 unspecified atom stereocenters. The van der Waals surface area contributed by atoms with Crippen LogP contribution < -0.4 is 0 Å². The van der Waals surface area contributed by atoms with Crippen molar-refractivity contribution in [3.05, 3.63) is 12.2 Å². The van der Waals surface area contributed by atoms with E-state index in [0.717, 1.165) is 32.1 Å². The van der Waals surface area contributed by atoms with E-state index >= 15 is 0 Å². The van der Waals surface area contributed by atoms with Crippen molar-refractivity contribution in [2.24, 2.45) is 11.8 Å². The molecule has 0 aromatic carbocycles. The third-order valence-corrected chi connectivity index (χ3v) is 5.49. The Bertz CT molecular complexity index is 322. The van der Waals surface area contributed by atoms with Crippen molar-refractivity contribution < 1.29 is 10.2 Å². The Hall–Kier alpha value is -0.340. The monoisotopic (exact) mass is 324 g/mol. The molecular weight excluding hydrogens is 284 g/mol. The summed E-state index contributed by atoms with van der Waals surface area (Å²) in [4.78, 5) is 0. The van der Waals surface area contributed by atoms with Gasteiger partial charge in [-0.25, -0.2) is 0 Å². The molecule has 1 saturated carbocycles. The largest absolute Gasteiger partial charge is 0.393 e. The van der Waals surface area contributed by atoms with Gasteiger partial charge in [-0.3, -0.25) is 0 Å². The van der Waals surface area contributed by atoms with E-state index in [0.29, 0.717) is 18.3 Å². The standard InChI is InChI=1S/C21H40O2/c1-4-6-8-9-10-12-18-14-15-20(22)19(18)13-11-17-21(3,23)16-7-5-2/h11,13,18-20,22-23H,4-10,12,14-17H2,1-3H3/b13-11+/t18-,19+,20+,21-/m0/s1. The Morgan fingerprint density at radius 1 is 1.00 bits per heavy atom. The first kappa shape index (κ1) is 20.7. The number of rotatable bonds is 12. The highest BCUT2D eigenvalue weighted by molar-refractivity contribution is 5.01. The second-order valence-corrected chi connectivity index (χ2v) is 7.92. The predicted molar refractivity (Wildman–Crippen MR) is 99.5 cm³/mol. The Labute approximate surface area is 144 Å². The fourth-order valence-corrected chi connectivity index (χ4v) is 3.85. The topological polar surface area (TPSA) is 40.5 Å². The van der Waals surface area contributed by atoms with Crippen LogP contribution in [-0.2, 0) is 0 Å². The maximum atomic E-state index is 10.4. The van der Waals surface area contributed by atoms with Gasteiger partial charge in [0.1, 0.15) is 0 Å². The maximum absolute atomic E-state index is 10.4. The molecule has 0 amide bonds. The van der Waals surface area contributed by atoms with Crippen LogP contribution in [0, 0.1) is 11.8 Å².